The first-order valence-corrected chi connectivity index (χ1v) is 6.92. The smallest absolute Gasteiger partial charge is 0.255 e. The number of carbonyl (C=O) groups excluding carboxylic acids is 1. The Labute approximate surface area is 124 Å². The van der Waals surface area contributed by atoms with E-state index in [0.717, 1.165) is 11.8 Å². The molecule has 21 heavy (non-hydrogen) atoms. The number of methoxy groups -OCH3 is 1. The normalized spacial score (nSPS) is 12.0. The van der Waals surface area contributed by atoms with Crippen molar-refractivity contribution < 1.29 is 14.1 Å². The van der Waals surface area contributed by atoms with Gasteiger partial charge in [0.2, 0.25) is 11.8 Å². The number of anilines is 1. The van der Waals surface area contributed by atoms with Crippen LogP contribution in [-0.2, 0) is 4.79 Å². The van der Waals surface area contributed by atoms with Crippen molar-refractivity contribution in [1.29, 1.82) is 0 Å². The first-order valence-electron chi connectivity index (χ1n) is 6.04. The topological polar surface area (TPSA) is 110 Å². The summed E-state index contributed by atoms with van der Waals surface area (Å²) in [5.41, 5.74) is -0.343. The van der Waals surface area contributed by atoms with Gasteiger partial charge in [-0.15, -0.1) is 0 Å². The van der Waals surface area contributed by atoms with Gasteiger partial charge in [-0.3, -0.25) is 9.59 Å². The van der Waals surface area contributed by atoms with E-state index in [4.69, 9.17) is 9.26 Å². The lowest BCUT2D eigenvalue weighted by Gasteiger charge is -2.09. The van der Waals surface area contributed by atoms with E-state index in [1.165, 1.54) is 13.2 Å². The predicted molar refractivity (Wildman–Crippen MR) is 76.6 cm³/mol. The molecule has 112 valence electrons. The van der Waals surface area contributed by atoms with Gasteiger partial charge in [-0.05, 0) is 13.8 Å². The molecule has 0 aliphatic carbocycles. The van der Waals surface area contributed by atoms with Gasteiger partial charge in [0.15, 0.2) is 11.0 Å². The number of aromatic nitrogens is 3. The van der Waals surface area contributed by atoms with Crippen LogP contribution in [0.5, 0.6) is 5.88 Å². The predicted octanol–water partition coefficient (Wildman–Crippen LogP) is 1.19. The van der Waals surface area contributed by atoms with Crippen molar-refractivity contribution in [3.63, 3.8) is 0 Å². The number of ether oxygens (including phenoxy) is 1. The second-order valence-corrected chi connectivity index (χ2v) is 5.49. The van der Waals surface area contributed by atoms with Crippen LogP contribution in [-0.4, -0.2) is 33.4 Å². The number of carbonyl (C=O) groups is 1. The Morgan fingerprint density at radius 2 is 2.29 bits per heavy atom. The summed E-state index contributed by atoms with van der Waals surface area (Å²) < 4.78 is 9.77. The Kier molecular flexibility index (Phi) is 4.63. The number of thioether (sulfide) groups is 1. The van der Waals surface area contributed by atoms with E-state index in [0.29, 0.717) is 16.7 Å². The Hall–Kier alpha value is -2.29. The SMILES string of the molecule is COc1cc(=O)[nH]c(S[C@@H](C)C(=O)Nc2cc(C)on2)n1. The lowest BCUT2D eigenvalue weighted by Crippen LogP contribution is -2.23. The summed E-state index contributed by atoms with van der Waals surface area (Å²) in [4.78, 5) is 30.0. The number of hydrogen-bond acceptors (Lipinski definition) is 7. The standard InChI is InChI=1S/C12H14N4O4S/c1-6-4-8(16-20-6)13-11(18)7(2)21-12-14-9(17)5-10(15-12)19-3/h4-5,7H,1-3H3,(H,13,16,18)(H,14,15,17)/t7-/m0/s1. The molecule has 0 aliphatic heterocycles. The first-order chi connectivity index (χ1) is 9.97. The minimum absolute atomic E-state index is 0.195. The summed E-state index contributed by atoms with van der Waals surface area (Å²) in [7, 11) is 1.42. The van der Waals surface area contributed by atoms with Gasteiger partial charge in [0.05, 0.1) is 18.4 Å². The minimum Gasteiger partial charge on any atom is -0.481 e. The second-order valence-electron chi connectivity index (χ2n) is 4.17. The Morgan fingerprint density at radius 1 is 1.52 bits per heavy atom. The number of aromatic amines is 1. The summed E-state index contributed by atoms with van der Waals surface area (Å²) in [5, 5.41) is 6.10. The van der Waals surface area contributed by atoms with E-state index in [1.54, 1.807) is 19.9 Å². The number of H-pyrrole nitrogens is 1. The van der Waals surface area contributed by atoms with Crippen LogP contribution < -0.4 is 15.6 Å². The monoisotopic (exact) mass is 310 g/mol. The third-order valence-corrected chi connectivity index (χ3v) is 3.43. The molecular weight excluding hydrogens is 296 g/mol. The average molecular weight is 310 g/mol. The molecule has 0 saturated heterocycles. The Balaban J connectivity index is 2.03. The van der Waals surface area contributed by atoms with Crippen molar-refractivity contribution in [3.8, 4) is 5.88 Å². The van der Waals surface area contributed by atoms with Gasteiger partial charge in [0.1, 0.15) is 5.76 Å². The van der Waals surface area contributed by atoms with Gasteiger partial charge in [-0.2, -0.15) is 4.98 Å². The third kappa shape index (κ3) is 4.09. The van der Waals surface area contributed by atoms with Crippen molar-refractivity contribution in [1.82, 2.24) is 15.1 Å². The largest absolute Gasteiger partial charge is 0.481 e. The highest BCUT2D eigenvalue weighted by atomic mass is 32.2. The molecule has 0 aromatic carbocycles. The molecule has 0 spiro atoms. The fourth-order valence-corrected chi connectivity index (χ4v) is 2.25. The summed E-state index contributed by atoms with van der Waals surface area (Å²) >= 11 is 1.10. The van der Waals surface area contributed by atoms with Crippen LogP contribution in [0.2, 0.25) is 0 Å². The molecule has 2 rings (SSSR count). The number of aryl methyl sites for hydroxylation is 1. The number of nitrogens with zero attached hydrogens (tertiary/aromatic N) is 2. The molecule has 0 fully saturated rings. The molecule has 2 N–H and O–H groups in total. The molecule has 2 heterocycles. The summed E-state index contributed by atoms with van der Waals surface area (Å²) in [6.45, 7) is 3.41. The van der Waals surface area contributed by atoms with Crippen molar-refractivity contribution in [2.75, 3.05) is 12.4 Å². The maximum atomic E-state index is 12.0. The van der Waals surface area contributed by atoms with E-state index in [2.05, 4.69) is 20.4 Å². The van der Waals surface area contributed by atoms with Crippen LogP contribution in [0.1, 0.15) is 12.7 Å². The van der Waals surface area contributed by atoms with Crippen LogP contribution >= 0.6 is 11.8 Å². The molecule has 2 aromatic heterocycles. The molecule has 0 aliphatic rings. The van der Waals surface area contributed by atoms with Crippen molar-refractivity contribution in [2.45, 2.75) is 24.3 Å². The highest BCUT2D eigenvalue weighted by Gasteiger charge is 2.17. The first kappa shape index (κ1) is 15.1. The number of amides is 1. The lowest BCUT2D eigenvalue weighted by molar-refractivity contribution is -0.115. The van der Waals surface area contributed by atoms with E-state index in [-0.39, 0.29) is 17.3 Å². The van der Waals surface area contributed by atoms with Crippen LogP contribution in [0.4, 0.5) is 5.82 Å². The zero-order chi connectivity index (χ0) is 15.4. The number of rotatable bonds is 5. The van der Waals surface area contributed by atoms with Gasteiger partial charge in [0, 0.05) is 6.07 Å². The zero-order valence-electron chi connectivity index (χ0n) is 11.7. The van der Waals surface area contributed by atoms with Crippen LogP contribution in [0.15, 0.2) is 26.6 Å². The van der Waals surface area contributed by atoms with Crippen LogP contribution in [0, 0.1) is 6.92 Å². The summed E-state index contributed by atoms with van der Waals surface area (Å²) in [5.74, 6) is 0.862. The molecule has 8 nitrogen and oxygen atoms in total. The van der Waals surface area contributed by atoms with E-state index in [1.807, 2.05) is 0 Å². The fourth-order valence-electron chi connectivity index (χ4n) is 1.45. The van der Waals surface area contributed by atoms with Crippen molar-refractivity contribution >= 4 is 23.5 Å². The highest BCUT2D eigenvalue weighted by Crippen LogP contribution is 2.21. The summed E-state index contributed by atoms with van der Waals surface area (Å²) in [6, 6.07) is 2.84. The van der Waals surface area contributed by atoms with E-state index >= 15 is 0 Å². The highest BCUT2D eigenvalue weighted by molar-refractivity contribution is 8.00. The van der Waals surface area contributed by atoms with E-state index < -0.39 is 5.25 Å². The minimum atomic E-state index is -0.489. The Morgan fingerprint density at radius 3 is 2.90 bits per heavy atom. The fraction of sp³-hybridized carbons (Fsp3) is 0.333. The maximum absolute atomic E-state index is 12.0. The molecule has 0 bridgehead atoms. The molecule has 1 atom stereocenters. The maximum Gasteiger partial charge on any atom is 0.255 e. The Bertz CT molecular complexity index is 697. The van der Waals surface area contributed by atoms with Gasteiger partial charge in [-0.1, -0.05) is 16.9 Å². The van der Waals surface area contributed by atoms with E-state index in [9.17, 15) is 9.59 Å². The molecule has 1 amide bonds. The lowest BCUT2D eigenvalue weighted by atomic mass is 10.4. The van der Waals surface area contributed by atoms with Gasteiger partial charge in [-0.25, -0.2) is 0 Å². The van der Waals surface area contributed by atoms with Gasteiger partial charge < -0.3 is 19.6 Å². The molecule has 0 radical (unpaired) electrons. The third-order valence-electron chi connectivity index (χ3n) is 2.44. The van der Waals surface area contributed by atoms with Crippen molar-refractivity contribution in [3.05, 3.63) is 28.2 Å². The van der Waals surface area contributed by atoms with Crippen molar-refractivity contribution in [2.24, 2.45) is 0 Å². The van der Waals surface area contributed by atoms with Crippen LogP contribution in [0.3, 0.4) is 0 Å². The number of nitrogens with one attached hydrogen (secondary N) is 2. The summed E-state index contributed by atoms with van der Waals surface area (Å²) in [6.07, 6.45) is 0. The molecule has 0 saturated carbocycles. The molecule has 0 unspecified atom stereocenters. The number of hydrogen-bond donors (Lipinski definition) is 2. The van der Waals surface area contributed by atoms with Gasteiger partial charge >= 0.3 is 0 Å². The zero-order valence-corrected chi connectivity index (χ0v) is 12.5. The molecule has 9 heteroatoms. The van der Waals surface area contributed by atoms with Gasteiger partial charge in [0.25, 0.3) is 5.56 Å². The second kappa shape index (κ2) is 6.44. The molecular formula is C12H14N4O4S. The molecule has 2 aromatic rings. The average Bonchev–Trinajstić information content (AvgIpc) is 2.83. The van der Waals surface area contributed by atoms with Crippen LogP contribution in [0.25, 0.3) is 0 Å². The quantitative estimate of drug-likeness (QED) is 0.630.